The maximum atomic E-state index is 11.6. The van der Waals surface area contributed by atoms with Crippen LogP contribution >= 0.6 is 15.9 Å². The highest BCUT2D eigenvalue weighted by atomic mass is 79.9. The largest absolute Gasteiger partial charge is 0.324 e. The predicted molar refractivity (Wildman–Crippen MR) is 65.8 cm³/mol. The molecule has 82 valence electrons. The van der Waals surface area contributed by atoms with E-state index in [4.69, 9.17) is 5.73 Å². The Kier molecular flexibility index (Phi) is 3.52. The monoisotopic (exact) mass is 270 g/mol. The van der Waals surface area contributed by atoms with Crippen molar-refractivity contribution in [3.05, 3.63) is 28.2 Å². The van der Waals surface area contributed by atoms with Crippen LogP contribution in [0.25, 0.3) is 0 Å². The van der Waals surface area contributed by atoms with Gasteiger partial charge in [0.25, 0.3) is 0 Å². The number of hydrogen-bond acceptors (Lipinski definition) is 2. The number of carbonyl (C=O) groups is 1. The number of anilines is 1. The van der Waals surface area contributed by atoms with Crippen molar-refractivity contribution in [1.29, 1.82) is 0 Å². The van der Waals surface area contributed by atoms with Crippen molar-refractivity contribution in [3.63, 3.8) is 0 Å². The number of nitrogens with one attached hydrogen (secondary N) is 1. The molecule has 0 unspecified atom stereocenters. The number of benzene rings is 1. The molecule has 3 N–H and O–H groups in total. The number of halogens is 1. The molecule has 0 aliphatic carbocycles. The molecule has 1 rings (SSSR count). The molecule has 0 saturated heterocycles. The standard InChI is InChI=1S/C11H15BrN2O/c1-7-4-5-8(12)6-9(7)14-10(15)11(2,3)13/h4-6H,13H2,1-3H3,(H,14,15). The summed E-state index contributed by atoms with van der Waals surface area (Å²) in [5.74, 6) is -0.191. The zero-order valence-electron chi connectivity index (χ0n) is 9.10. The van der Waals surface area contributed by atoms with E-state index >= 15 is 0 Å². The Morgan fingerprint density at radius 1 is 1.47 bits per heavy atom. The smallest absolute Gasteiger partial charge is 0.243 e. The number of amides is 1. The Morgan fingerprint density at radius 3 is 2.60 bits per heavy atom. The molecule has 15 heavy (non-hydrogen) atoms. The summed E-state index contributed by atoms with van der Waals surface area (Å²) in [5.41, 5.74) is 6.62. The van der Waals surface area contributed by atoms with Crippen molar-refractivity contribution >= 4 is 27.5 Å². The van der Waals surface area contributed by atoms with Gasteiger partial charge in [0.05, 0.1) is 5.54 Å². The second-order valence-electron chi connectivity index (χ2n) is 4.14. The van der Waals surface area contributed by atoms with Gasteiger partial charge in [-0.05, 0) is 38.5 Å². The van der Waals surface area contributed by atoms with Crippen molar-refractivity contribution in [3.8, 4) is 0 Å². The van der Waals surface area contributed by atoms with Crippen LogP contribution in [-0.4, -0.2) is 11.4 Å². The third kappa shape index (κ3) is 3.32. The minimum absolute atomic E-state index is 0.191. The Hall–Kier alpha value is -0.870. The van der Waals surface area contributed by atoms with E-state index in [9.17, 15) is 4.79 Å². The lowest BCUT2D eigenvalue weighted by molar-refractivity contribution is -0.120. The summed E-state index contributed by atoms with van der Waals surface area (Å²) in [6.07, 6.45) is 0. The van der Waals surface area contributed by atoms with Crippen LogP contribution < -0.4 is 11.1 Å². The maximum absolute atomic E-state index is 11.6. The van der Waals surface area contributed by atoms with E-state index in [1.807, 2.05) is 25.1 Å². The van der Waals surface area contributed by atoms with Gasteiger partial charge < -0.3 is 11.1 Å². The van der Waals surface area contributed by atoms with Crippen molar-refractivity contribution < 1.29 is 4.79 Å². The average Bonchev–Trinajstić information content (AvgIpc) is 2.09. The van der Waals surface area contributed by atoms with Crippen LogP contribution in [0.2, 0.25) is 0 Å². The van der Waals surface area contributed by atoms with Crippen molar-refractivity contribution in [2.75, 3.05) is 5.32 Å². The summed E-state index contributed by atoms with van der Waals surface area (Å²) in [6, 6.07) is 5.72. The minimum atomic E-state index is -0.866. The van der Waals surface area contributed by atoms with Gasteiger partial charge in [-0.25, -0.2) is 0 Å². The zero-order chi connectivity index (χ0) is 11.6. The second-order valence-corrected chi connectivity index (χ2v) is 5.05. The molecular weight excluding hydrogens is 256 g/mol. The number of rotatable bonds is 2. The van der Waals surface area contributed by atoms with E-state index in [1.165, 1.54) is 0 Å². The van der Waals surface area contributed by atoms with Crippen molar-refractivity contribution in [2.45, 2.75) is 26.3 Å². The van der Waals surface area contributed by atoms with Gasteiger partial charge in [-0.2, -0.15) is 0 Å². The molecule has 0 aliphatic rings. The lowest BCUT2D eigenvalue weighted by Gasteiger charge is -2.18. The Bertz CT molecular complexity index is 383. The molecule has 3 nitrogen and oxygen atoms in total. The normalized spacial score (nSPS) is 11.3. The Balaban J connectivity index is 2.90. The zero-order valence-corrected chi connectivity index (χ0v) is 10.7. The van der Waals surface area contributed by atoms with Crippen molar-refractivity contribution in [1.82, 2.24) is 0 Å². The Labute approximate surface area is 98.2 Å². The third-order valence-corrected chi connectivity index (χ3v) is 2.53. The molecule has 0 atom stereocenters. The molecule has 0 aromatic heterocycles. The van der Waals surface area contributed by atoms with E-state index in [-0.39, 0.29) is 5.91 Å². The van der Waals surface area contributed by atoms with E-state index in [1.54, 1.807) is 13.8 Å². The fourth-order valence-electron chi connectivity index (χ4n) is 1.01. The number of nitrogens with two attached hydrogens (primary N) is 1. The van der Waals surface area contributed by atoms with E-state index in [2.05, 4.69) is 21.2 Å². The van der Waals surface area contributed by atoms with Crippen LogP contribution in [0, 0.1) is 6.92 Å². The second kappa shape index (κ2) is 4.33. The molecule has 4 heteroatoms. The van der Waals surface area contributed by atoms with Crippen LogP contribution in [0.1, 0.15) is 19.4 Å². The molecule has 1 amide bonds. The van der Waals surface area contributed by atoms with Crippen LogP contribution in [0.3, 0.4) is 0 Å². The third-order valence-electron chi connectivity index (χ3n) is 2.03. The summed E-state index contributed by atoms with van der Waals surface area (Å²) in [4.78, 5) is 11.6. The van der Waals surface area contributed by atoms with Gasteiger partial charge >= 0.3 is 0 Å². The molecular formula is C11H15BrN2O. The molecule has 0 spiro atoms. The van der Waals surface area contributed by atoms with Crippen LogP contribution in [0.4, 0.5) is 5.69 Å². The number of carbonyl (C=O) groups excluding carboxylic acids is 1. The predicted octanol–water partition coefficient (Wildman–Crippen LogP) is 2.43. The van der Waals surface area contributed by atoms with Gasteiger partial charge in [0.1, 0.15) is 0 Å². The van der Waals surface area contributed by atoms with Gasteiger partial charge in [0.15, 0.2) is 0 Å². The minimum Gasteiger partial charge on any atom is -0.324 e. The Morgan fingerprint density at radius 2 is 2.07 bits per heavy atom. The lowest BCUT2D eigenvalue weighted by atomic mass is 10.1. The van der Waals surface area contributed by atoms with Gasteiger partial charge in [-0.3, -0.25) is 4.79 Å². The number of hydrogen-bond donors (Lipinski definition) is 2. The first-order chi connectivity index (χ1) is 6.80. The van der Waals surface area contributed by atoms with Gasteiger partial charge in [-0.1, -0.05) is 22.0 Å². The van der Waals surface area contributed by atoms with Gasteiger partial charge in [-0.15, -0.1) is 0 Å². The molecule has 0 bridgehead atoms. The van der Waals surface area contributed by atoms with Gasteiger partial charge in [0, 0.05) is 10.2 Å². The highest BCUT2D eigenvalue weighted by Crippen LogP contribution is 2.21. The van der Waals surface area contributed by atoms with Crippen molar-refractivity contribution in [2.24, 2.45) is 5.73 Å². The van der Waals surface area contributed by atoms with Crippen LogP contribution in [0.15, 0.2) is 22.7 Å². The first kappa shape index (κ1) is 12.2. The maximum Gasteiger partial charge on any atom is 0.243 e. The quantitative estimate of drug-likeness (QED) is 0.868. The highest BCUT2D eigenvalue weighted by molar-refractivity contribution is 9.10. The SMILES string of the molecule is Cc1ccc(Br)cc1NC(=O)C(C)(C)N. The molecule has 1 aromatic carbocycles. The van der Waals surface area contributed by atoms with Crippen LogP contribution in [-0.2, 0) is 4.79 Å². The summed E-state index contributed by atoms with van der Waals surface area (Å²) in [6.45, 7) is 5.29. The molecule has 0 fully saturated rings. The number of aryl methyl sites for hydroxylation is 1. The molecule has 0 aliphatic heterocycles. The van der Waals surface area contributed by atoms with Crippen LogP contribution in [0.5, 0.6) is 0 Å². The molecule has 0 radical (unpaired) electrons. The molecule has 0 saturated carbocycles. The van der Waals surface area contributed by atoms with E-state index in [0.29, 0.717) is 0 Å². The fourth-order valence-corrected chi connectivity index (χ4v) is 1.37. The topological polar surface area (TPSA) is 55.1 Å². The average molecular weight is 271 g/mol. The van der Waals surface area contributed by atoms with E-state index in [0.717, 1.165) is 15.7 Å². The first-order valence-corrected chi connectivity index (χ1v) is 5.46. The van der Waals surface area contributed by atoms with E-state index < -0.39 is 5.54 Å². The molecule has 1 aromatic rings. The fraction of sp³-hybridized carbons (Fsp3) is 0.364. The first-order valence-electron chi connectivity index (χ1n) is 4.67. The molecule has 0 heterocycles. The summed E-state index contributed by atoms with van der Waals surface area (Å²) < 4.78 is 0.929. The van der Waals surface area contributed by atoms with Gasteiger partial charge in [0.2, 0.25) is 5.91 Å². The summed E-state index contributed by atoms with van der Waals surface area (Å²) in [5, 5.41) is 2.80. The lowest BCUT2D eigenvalue weighted by Crippen LogP contribution is -2.45. The summed E-state index contributed by atoms with van der Waals surface area (Å²) >= 11 is 3.35. The highest BCUT2D eigenvalue weighted by Gasteiger charge is 2.22. The summed E-state index contributed by atoms with van der Waals surface area (Å²) in [7, 11) is 0.